The highest BCUT2D eigenvalue weighted by atomic mass is 35.5. The van der Waals surface area contributed by atoms with E-state index in [4.69, 9.17) is 0 Å². The highest BCUT2D eigenvalue weighted by molar-refractivity contribution is 5.85. The fourth-order valence-corrected chi connectivity index (χ4v) is 2.31. The van der Waals surface area contributed by atoms with Gasteiger partial charge in [-0.2, -0.15) is 0 Å². The summed E-state index contributed by atoms with van der Waals surface area (Å²) in [6.07, 6.45) is 3.61. The molecular formula is C13H28ClN3O. The van der Waals surface area contributed by atoms with Crippen LogP contribution in [0.15, 0.2) is 0 Å². The third kappa shape index (κ3) is 6.57. The minimum atomic E-state index is 0. The van der Waals surface area contributed by atoms with Crippen molar-refractivity contribution >= 4 is 18.3 Å². The molecule has 0 bridgehead atoms. The van der Waals surface area contributed by atoms with Crippen LogP contribution in [0.3, 0.4) is 0 Å². The minimum absolute atomic E-state index is 0. The van der Waals surface area contributed by atoms with Crippen LogP contribution in [0.5, 0.6) is 0 Å². The maximum atomic E-state index is 11.7. The van der Waals surface area contributed by atoms with Crippen LogP contribution in [0.25, 0.3) is 0 Å². The first-order valence-electron chi connectivity index (χ1n) is 6.76. The number of carbonyl (C=O) groups is 1. The average Bonchev–Trinajstić information content (AvgIpc) is 2.30. The highest BCUT2D eigenvalue weighted by Gasteiger charge is 2.18. The second kappa shape index (κ2) is 9.59. The van der Waals surface area contributed by atoms with E-state index in [2.05, 4.69) is 17.1 Å². The maximum absolute atomic E-state index is 11.7. The summed E-state index contributed by atoms with van der Waals surface area (Å²) < 4.78 is 0. The molecule has 1 aliphatic rings. The number of nitrogens with zero attached hydrogens (tertiary/aromatic N) is 2. The molecule has 18 heavy (non-hydrogen) atoms. The quantitative estimate of drug-likeness (QED) is 0.793. The van der Waals surface area contributed by atoms with Gasteiger partial charge >= 0.3 is 0 Å². The number of hydrogen-bond acceptors (Lipinski definition) is 3. The molecule has 1 amide bonds. The third-order valence-electron chi connectivity index (χ3n) is 3.37. The summed E-state index contributed by atoms with van der Waals surface area (Å²) in [4.78, 5) is 15.7. The first kappa shape index (κ1) is 17.7. The van der Waals surface area contributed by atoms with Crippen molar-refractivity contribution in [2.45, 2.75) is 26.2 Å². The van der Waals surface area contributed by atoms with Crippen LogP contribution in [-0.2, 0) is 4.79 Å². The van der Waals surface area contributed by atoms with Gasteiger partial charge in [0.2, 0.25) is 5.91 Å². The van der Waals surface area contributed by atoms with Crippen LogP contribution in [0.4, 0.5) is 0 Å². The number of likely N-dealkylation sites (N-methyl/N-ethyl adjacent to an activating group) is 1. The normalized spacial score (nSPS) is 16.4. The zero-order valence-electron chi connectivity index (χ0n) is 11.9. The molecule has 1 N–H and O–H groups in total. The Morgan fingerprint density at radius 2 is 1.89 bits per heavy atom. The van der Waals surface area contributed by atoms with Crippen molar-refractivity contribution in [1.29, 1.82) is 0 Å². The van der Waals surface area contributed by atoms with E-state index in [0.29, 0.717) is 6.54 Å². The Balaban J connectivity index is 0.00000289. The number of halogens is 1. The Morgan fingerprint density at radius 1 is 1.28 bits per heavy atom. The third-order valence-corrected chi connectivity index (χ3v) is 3.37. The van der Waals surface area contributed by atoms with Crippen molar-refractivity contribution in [2.24, 2.45) is 5.92 Å². The SMILES string of the molecule is CCCN(CC(=O)N(C)C)CC1CCNCC1.Cl. The number of carbonyl (C=O) groups excluding carboxylic acids is 1. The molecule has 0 aromatic rings. The van der Waals surface area contributed by atoms with Gasteiger partial charge in [0.15, 0.2) is 0 Å². The standard InChI is InChI=1S/C13H27N3O.ClH/c1-4-9-16(11-13(17)15(2)3)10-12-5-7-14-8-6-12;/h12,14H,4-11H2,1-3H3;1H. The van der Waals surface area contributed by atoms with Crippen LogP contribution in [-0.4, -0.2) is 62.5 Å². The lowest BCUT2D eigenvalue weighted by atomic mass is 9.97. The monoisotopic (exact) mass is 277 g/mol. The predicted octanol–water partition coefficient (Wildman–Crippen LogP) is 1.21. The molecule has 0 atom stereocenters. The van der Waals surface area contributed by atoms with E-state index in [-0.39, 0.29) is 18.3 Å². The van der Waals surface area contributed by atoms with Crippen LogP contribution in [0, 0.1) is 5.92 Å². The van der Waals surface area contributed by atoms with E-state index in [1.165, 1.54) is 12.8 Å². The summed E-state index contributed by atoms with van der Waals surface area (Å²) in [5.74, 6) is 0.977. The first-order chi connectivity index (χ1) is 8.13. The highest BCUT2D eigenvalue weighted by Crippen LogP contribution is 2.13. The van der Waals surface area contributed by atoms with Gasteiger partial charge in [-0.25, -0.2) is 0 Å². The maximum Gasteiger partial charge on any atom is 0.236 e. The second-order valence-corrected chi connectivity index (χ2v) is 5.22. The van der Waals surface area contributed by atoms with Gasteiger partial charge < -0.3 is 10.2 Å². The first-order valence-corrected chi connectivity index (χ1v) is 6.76. The summed E-state index contributed by atoms with van der Waals surface area (Å²) in [6.45, 7) is 7.12. The molecule has 1 rings (SSSR count). The summed E-state index contributed by atoms with van der Waals surface area (Å²) in [6, 6.07) is 0. The largest absolute Gasteiger partial charge is 0.348 e. The molecule has 0 saturated carbocycles. The number of nitrogens with one attached hydrogen (secondary N) is 1. The number of hydrogen-bond donors (Lipinski definition) is 1. The van der Waals surface area contributed by atoms with Crippen molar-refractivity contribution in [3.05, 3.63) is 0 Å². The Kier molecular flexibility index (Phi) is 9.42. The lowest BCUT2D eigenvalue weighted by Gasteiger charge is -2.30. The summed E-state index contributed by atoms with van der Waals surface area (Å²) in [5.41, 5.74) is 0. The average molecular weight is 278 g/mol. The fourth-order valence-electron chi connectivity index (χ4n) is 2.31. The molecule has 5 heteroatoms. The lowest BCUT2D eigenvalue weighted by molar-refractivity contribution is -0.130. The molecule has 0 spiro atoms. The lowest BCUT2D eigenvalue weighted by Crippen LogP contribution is -2.41. The van der Waals surface area contributed by atoms with E-state index in [1.807, 2.05) is 14.1 Å². The molecule has 0 radical (unpaired) electrons. The van der Waals surface area contributed by atoms with Gasteiger partial charge in [0.1, 0.15) is 0 Å². The summed E-state index contributed by atoms with van der Waals surface area (Å²) >= 11 is 0. The predicted molar refractivity (Wildman–Crippen MR) is 78.3 cm³/mol. The van der Waals surface area contributed by atoms with Gasteiger partial charge in [0, 0.05) is 20.6 Å². The molecule has 0 aromatic heterocycles. The van der Waals surface area contributed by atoms with Crippen molar-refractivity contribution in [3.8, 4) is 0 Å². The van der Waals surface area contributed by atoms with Crippen LogP contribution >= 0.6 is 12.4 Å². The van der Waals surface area contributed by atoms with Gasteiger partial charge in [-0.1, -0.05) is 6.92 Å². The molecule has 1 saturated heterocycles. The zero-order valence-corrected chi connectivity index (χ0v) is 12.8. The molecule has 0 unspecified atom stereocenters. The van der Waals surface area contributed by atoms with Crippen LogP contribution in [0.2, 0.25) is 0 Å². The number of amides is 1. The summed E-state index contributed by atoms with van der Waals surface area (Å²) in [7, 11) is 3.66. The Morgan fingerprint density at radius 3 is 2.39 bits per heavy atom. The van der Waals surface area contributed by atoms with E-state index >= 15 is 0 Å². The van der Waals surface area contributed by atoms with E-state index < -0.39 is 0 Å². The van der Waals surface area contributed by atoms with Gasteiger partial charge in [-0.3, -0.25) is 9.69 Å². The van der Waals surface area contributed by atoms with Crippen molar-refractivity contribution in [1.82, 2.24) is 15.1 Å². The van der Waals surface area contributed by atoms with Gasteiger partial charge in [0.05, 0.1) is 6.54 Å². The van der Waals surface area contributed by atoms with E-state index in [9.17, 15) is 4.79 Å². The zero-order chi connectivity index (χ0) is 12.7. The number of rotatable bonds is 6. The topological polar surface area (TPSA) is 35.6 Å². The number of piperidine rings is 1. The van der Waals surface area contributed by atoms with Crippen molar-refractivity contribution in [3.63, 3.8) is 0 Å². The van der Waals surface area contributed by atoms with E-state index in [0.717, 1.165) is 38.5 Å². The Hall–Kier alpha value is -0.320. The van der Waals surface area contributed by atoms with Crippen molar-refractivity contribution in [2.75, 3.05) is 46.8 Å². The molecule has 0 aromatic carbocycles. The van der Waals surface area contributed by atoms with Crippen molar-refractivity contribution < 1.29 is 4.79 Å². The molecule has 0 aliphatic carbocycles. The molecule has 1 aliphatic heterocycles. The van der Waals surface area contributed by atoms with Gasteiger partial charge in [0.25, 0.3) is 0 Å². The van der Waals surface area contributed by atoms with E-state index in [1.54, 1.807) is 4.90 Å². The smallest absolute Gasteiger partial charge is 0.236 e. The molecule has 4 nitrogen and oxygen atoms in total. The molecular weight excluding hydrogens is 250 g/mol. The van der Waals surface area contributed by atoms with Gasteiger partial charge in [-0.15, -0.1) is 12.4 Å². The fraction of sp³-hybridized carbons (Fsp3) is 0.923. The van der Waals surface area contributed by atoms with Crippen LogP contribution in [0.1, 0.15) is 26.2 Å². The Bertz CT molecular complexity index is 230. The summed E-state index contributed by atoms with van der Waals surface area (Å²) in [5, 5.41) is 3.39. The molecule has 108 valence electrons. The van der Waals surface area contributed by atoms with Gasteiger partial charge in [-0.05, 0) is 44.8 Å². The second-order valence-electron chi connectivity index (χ2n) is 5.22. The molecule has 1 fully saturated rings. The minimum Gasteiger partial charge on any atom is -0.348 e. The molecule has 1 heterocycles. The van der Waals surface area contributed by atoms with Crippen LogP contribution < -0.4 is 5.32 Å². The Labute approximate surface area is 117 Å².